The van der Waals surface area contributed by atoms with Crippen LogP contribution in [0.1, 0.15) is 29.8 Å². The number of hydrogen-bond acceptors (Lipinski definition) is 5. The lowest BCUT2D eigenvalue weighted by molar-refractivity contribution is -0.131. The summed E-state index contributed by atoms with van der Waals surface area (Å²) < 4.78 is 16.4. The number of fused-ring (bicyclic) bond motifs is 1. The van der Waals surface area contributed by atoms with E-state index < -0.39 is 11.9 Å². The molecule has 3 aromatic rings. The van der Waals surface area contributed by atoms with Crippen molar-refractivity contribution in [1.29, 1.82) is 0 Å². The molecule has 0 unspecified atom stereocenters. The van der Waals surface area contributed by atoms with E-state index in [4.69, 9.17) is 14.2 Å². The van der Waals surface area contributed by atoms with Crippen molar-refractivity contribution >= 4 is 22.7 Å². The maximum atomic E-state index is 12.2. The zero-order valence-electron chi connectivity index (χ0n) is 15.2. The van der Waals surface area contributed by atoms with E-state index >= 15 is 0 Å². The Morgan fingerprint density at radius 3 is 2.37 bits per heavy atom. The Bertz CT molecular complexity index is 963. The van der Waals surface area contributed by atoms with Crippen molar-refractivity contribution in [1.82, 2.24) is 0 Å². The van der Waals surface area contributed by atoms with Crippen LogP contribution in [0, 0.1) is 0 Å². The summed E-state index contributed by atoms with van der Waals surface area (Å²) in [7, 11) is 0. The van der Waals surface area contributed by atoms with Crippen LogP contribution >= 0.6 is 0 Å². The minimum absolute atomic E-state index is 0.256. The fourth-order valence-corrected chi connectivity index (χ4v) is 2.76. The molecule has 5 nitrogen and oxygen atoms in total. The number of carbonyl (C=O) groups is 2. The third kappa shape index (κ3) is 4.44. The quantitative estimate of drug-likeness (QED) is 0.475. The summed E-state index contributed by atoms with van der Waals surface area (Å²) in [5, 5.41) is 1.36. The minimum atomic E-state index is -0.481. The van der Waals surface area contributed by atoms with Gasteiger partial charge in [0.15, 0.2) is 0 Å². The highest BCUT2D eigenvalue weighted by Crippen LogP contribution is 2.34. The SMILES string of the molecule is CCOC(=O)c1cc(OC(C)=O)c2cccc(OCc3ccccc3)c2c1. The Hall–Kier alpha value is -3.34. The minimum Gasteiger partial charge on any atom is -0.488 e. The third-order valence-electron chi connectivity index (χ3n) is 3.92. The van der Waals surface area contributed by atoms with Crippen molar-refractivity contribution in [2.75, 3.05) is 6.61 Å². The molecule has 0 aliphatic rings. The highest BCUT2D eigenvalue weighted by atomic mass is 16.5. The Kier molecular flexibility index (Phi) is 5.71. The third-order valence-corrected chi connectivity index (χ3v) is 3.92. The van der Waals surface area contributed by atoms with E-state index in [2.05, 4.69) is 0 Å². The van der Waals surface area contributed by atoms with Gasteiger partial charge in [-0.05, 0) is 30.7 Å². The number of benzene rings is 3. The van der Waals surface area contributed by atoms with Crippen LogP contribution in [0.5, 0.6) is 11.5 Å². The van der Waals surface area contributed by atoms with Crippen LogP contribution in [0.25, 0.3) is 10.8 Å². The highest BCUT2D eigenvalue weighted by Gasteiger charge is 2.16. The van der Waals surface area contributed by atoms with E-state index in [-0.39, 0.29) is 6.61 Å². The fourth-order valence-electron chi connectivity index (χ4n) is 2.76. The van der Waals surface area contributed by atoms with Crippen LogP contribution in [-0.2, 0) is 16.1 Å². The summed E-state index contributed by atoms with van der Waals surface area (Å²) in [6.45, 7) is 3.69. The lowest BCUT2D eigenvalue weighted by atomic mass is 10.0. The first-order valence-corrected chi connectivity index (χ1v) is 8.67. The van der Waals surface area contributed by atoms with Gasteiger partial charge < -0.3 is 14.2 Å². The fraction of sp³-hybridized carbons (Fsp3) is 0.182. The van der Waals surface area contributed by atoms with Gasteiger partial charge in [0.1, 0.15) is 18.1 Å². The molecule has 0 spiro atoms. The summed E-state index contributed by atoms with van der Waals surface area (Å²) in [5.41, 5.74) is 1.33. The van der Waals surface area contributed by atoms with Crippen molar-refractivity contribution in [3.63, 3.8) is 0 Å². The molecule has 0 atom stereocenters. The summed E-state index contributed by atoms with van der Waals surface area (Å²) in [6.07, 6.45) is 0. The first-order chi connectivity index (χ1) is 13.1. The average molecular weight is 364 g/mol. The maximum absolute atomic E-state index is 12.2. The van der Waals surface area contributed by atoms with Crippen molar-refractivity contribution in [2.24, 2.45) is 0 Å². The number of ether oxygens (including phenoxy) is 3. The molecule has 3 rings (SSSR count). The van der Waals surface area contributed by atoms with E-state index in [1.165, 1.54) is 13.0 Å². The molecule has 0 saturated heterocycles. The largest absolute Gasteiger partial charge is 0.488 e. The van der Waals surface area contributed by atoms with Crippen molar-refractivity contribution in [3.8, 4) is 11.5 Å². The highest BCUT2D eigenvalue weighted by molar-refractivity contribution is 6.01. The van der Waals surface area contributed by atoms with Crippen LogP contribution < -0.4 is 9.47 Å². The van der Waals surface area contributed by atoms with Crippen LogP contribution in [0.15, 0.2) is 60.7 Å². The number of carbonyl (C=O) groups excluding carboxylic acids is 2. The Morgan fingerprint density at radius 2 is 1.67 bits per heavy atom. The number of hydrogen-bond donors (Lipinski definition) is 0. The topological polar surface area (TPSA) is 61.8 Å². The maximum Gasteiger partial charge on any atom is 0.338 e. The molecular weight excluding hydrogens is 344 g/mol. The molecular formula is C22H20O5. The molecule has 138 valence electrons. The van der Waals surface area contributed by atoms with E-state index in [0.29, 0.717) is 34.4 Å². The van der Waals surface area contributed by atoms with E-state index in [1.807, 2.05) is 48.5 Å². The van der Waals surface area contributed by atoms with Gasteiger partial charge in [0.05, 0.1) is 12.2 Å². The molecule has 0 aromatic heterocycles. The molecule has 0 radical (unpaired) electrons. The van der Waals surface area contributed by atoms with Crippen LogP contribution in [0.4, 0.5) is 0 Å². The van der Waals surface area contributed by atoms with Crippen molar-refractivity contribution in [3.05, 3.63) is 71.8 Å². The first-order valence-electron chi connectivity index (χ1n) is 8.67. The van der Waals surface area contributed by atoms with Gasteiger partial charge in [-0.3, -0.25) is 4.79 Å². The van der Waals surface area contributed by atoms with Gasteiger partial charge in [0.2, 0.25) is 0 Å². The van der Waals surface area contributed by atoms with Gasteiger partial charge in [0.25, 0.3) is 0 Å². The van der Waals surface area contributed by atoms with Gasteiger partial charge >= 0.3 is 11.9 Å². The smallest absolute Gasteiger partial charge is 0.338 e. The zero-order valence-corrected chi connectivity index (χ0v) is 15.2. The second-order valence-corrected chi connectivity index (χ2v) is 5.91. The first kappa shape index (κ1) is 18.5. The normalized spacial score (nSPS) is 10.4. The number of esters is 2. The molecule has 0 fully saturated rings. The summed E-state index contributed by atoms with van der Waals surface area (Å²) >= 11 is 0. The Morgan fingerprint density at radius 1 is 0.889 bits per heavy atom. The van der Waals surface area contributed by atoms with Gasteiger partial charge in [-0.2, -0.15) is 0 Å². The molecule has 27 heavy (non-hydrogen) atoms. The summed E-state index contributed by atoms with van der Waals surface area (Å²) in [6, 6.07) is 18.4. The van der Waals surface area contributed by atoms with Crippen LogP contribution in [0.3, 0.4) is 0 Å². The second-order valence-electron chi connectivity index (χ2n) is 5.91. The van der Waals surface area contributed by atoms with Crippen LogP contribution in [0.2, 0.25) is 0 Å². The molecule has 0 saturated carbocycles. The second kappa shape index (κ2) is 8.36. The Balaban J connectivity index is 2.04. The van der Waals surface area contributed by atoms with Crippen molar-refractivity contribution in [2.45, 2.75) is 20.5 Å². The molecule has 0 aliphatic carbocycles. The predicted octanol–water partition coefficient (Wildman–Crippen LogP) is 4.52. The molecule has 0 N–H and O–H groups in total. The molecule has 3 aromatic carbocycles. The van der Waals surface area contributed by atoms with E-state index in [1.54, 1.807) is 13.0 Å². The summed E-state index contributed by atoms with van der Waals surface area (Å²) in [5.74, 6) is -0.0531. The molecule has 0 amide bonds. The molecule has 0 aliphatic heterocycles. The monoisotopic (exact) mass is 364 g/mol. The Labute approximate surface area is 157 Å². The molecule has 0 heterocycles. The van der Waals surface area contributed by atoms with Gasteiger partial charge in [-0.1, -0.05) is 42.5 Å². The van der Waals surface area contributed by atoms with Crippen LogP contribution in [-0.4, -0.2) is 18.5 Å². The van der Waals surface area contributed by atoms with Gasteiger partial charge in [-0.25, -0.2) is 4.79 Å². The van der Waals surface area contributed by atoms with Crippen molar-refractivity contribution < 1.29 is 23.8 Å². The lowest BCUT2D eigenvalue weighted by Crippen LogP contribution is -2.07. The average Bonchev–Trinajstić information content (AvgIpc) is 2.67. The molecule has 0 bridgehead atoms. The molecule has 5 heteroatoms. The lowest BCUT2D eigenvalue weighted by Gasteiger charge is -2.13. The van der Waals surface area contributed by atoms with Gasteiger partial charge in [0, 0.05) is 17.7 Å². The van der Waals surface area contributed by atoms with Gasteiger partial charge in [-0.15, -0.1) is 0 Å². The number of rotatable bonds is 6. The zero-order chi connectivity index (χ0) is 19.2. The van der Waals surface area contributed by atoms with E-state index in [0.717, 1.165) is 5.56 Å². The standard InChI is InChI=1S/C22H20O5/c1-3-25-22(24)17-12-19-18(21(13-17)27-15(2)23)10-7-11-20(19)26-14-16-8-5-4-6-9-16/h4-13H,3,14H2,1-2H3. The summed E-state index contributed by atoms with van der Waals surface area (Å²) in [4.78, 5) is 23.7. The van der Waals surface area contributed by atoms with E-state index in [9.17, 15) is 9.59 Å². The predicted molar refractivity (Wildman–Crippen MR) is 102 cm³/mol.